The maximum absolute atomic E-state index is 12.2. The molecule has 0 radical (unpaired) electrons. The highest BCUT2D eigenvalue weighted by Crippen LogP contribution is 2.21. The highest BCUT2D eigenvalue weighted by atomic mass is 32.1. The topological polar surface area (TPSA) is 68.9 Å². The van der Waals surface area contributed by atoms with Crippen molar-refractivity contribution in [2.24, 2.45) is 0 Å². The van der Waals surface area contributed by atoms with Crippen LogP contribution >= 0.6 is 12.2 Å². The molecule has 0 spiro atoms. The number of rotatable bonds is 4. The molecule has 4 N–H and O–H groups in total. The molecule has 0 aliphatic carbocycles. The van der Waals surface area contributed by atoms with Gasteiger partial charge >= 0.3 is 0 Å². The van der Waals surface area contributed by atoms with E-state index >= 15 is 0 Å². The van der Waals surface area contributed by atoms with E-state index in [9.17, 15) is 4.79 Å². The third-order valence-corrected chi connectivity index (χ3v) is 4.52. The van der Waals surface area contributed by atoms with Crippen molar-refractivity contribution in [1.29, 1.82) is 0 Å². The second kappa shape index (κ2) is 8.01. The summed E-state index contributed by atoms with van der Waals surface area (Å²) in [5.74, 6) is -0.153. The molecule has 6 heteroatoms. The van der Waals surface area contributed by atoms with Crippen LogP contribution in [0.15, 0.2) is 48.7 Å². The molecule has 1 heterocycles. The molecule has 0 saturated carbocycles. The quantitative estimate of drug-likeness (QED) is 0.421. The van der Waals surface area contributed by atoms with E-state index < -0.39 is 0 Å². The zero-order valence-electron chi connectivity index (χ0n) is 14.8. The highest BCUT2D eigenvalue weighted by Gasteiger charge is 2.10. The molecule has 0 fully saturated rings. The van der Waals surface area contributed by atoms with E-state index in [4.69, 9.17) is 12.2 Å². The number of hydrogen-bond donors (Lipinski definition) is 4. The number of benzene rings is 2. The zero-order chi connectivity index (χ0) is 18.5. The average molecular weight is 366 g/mol. The van der Waals surface area contributed by atoms with Crippen LogP contribution in [0.4, 0.5) is 5.69 Å². The standard InChI is InChI=1S/C20H22N4OS/c1-3-14-8-6-7-13(2)19(14)22-20(26)24-23-18(25)11-15-12-21-17-10-5-4-9-16(15)17/h4-10,12,21H,3,11H2,1-2H3,(H,23,25)(H2,22,24,26). The third kappa shape index (κ3) is 4.03. The number of hydrazine groups is 1. The predicted octanol–water partition coefficient (Wildman–Crippen LogP) is 3.60. The molecule has 1 aromatic heterocycles. The van der Waals surface area contributed by atoms with Gasteiger partial charge in [0.15, 0.2) is 5.11 Å². The van der Waals surface area contributed by atoms with Crippen LogP contribution in [-0.2, 0) is 17.6 Å². The van der Waals surface area contributed by atoms with Crippen molar-refractivity contribution in [3.05, 3.63) is 65.4 Å². The fraction of sp³-hybridized carbons (Fsp3) is 0.200. The van der Waals surface area contributed by atoms with Crippen molar-refractivity contribution in [3.63, 3.8) is 0 Å². The molecule has 3 rings (SSSR count). The Labute approximate surface area is 158 Å². The number of nitrogens with one attached hydrogen (secondary N) is 4. The summed E-state index contributed by atoms with van der Waals surface area (Å²) in [7, 11) is 0. The van der Waals surface area contributed by atoms with E-state index in [1.54, 1.807) is 0 Å². The molecule has 0 unspecified atom stereocenters. The lowest BCUT2D eigenvalue weighted by atomic mass is 10.1. The zero-order valence-corrected chi connectivity index (χ0v) is 15.7. The largest absolute Gasteiger partial charge is 0.361 e. The SMILES string of the molecule is CCc1cccc(C)c1NC(=S)NNC(=O)Cc1c[nH]c2ccccc12. The van der Waals surface area contributed by atoms with Crippen LogP contribution in [0.5, 0.6) is 0 Å². The van der Waals surface area contributed by atoms with Gasteiger partial charge in [0.25, 0.3) is 0 Å². The third-order valence-electron chi connectivity index (χ3n) is 4.32. The van der Waals surface area contributed by atoms with Gasteiger partial charge in [-0.25, -0.2) is 0 Å². The Balaban J connectivity index is 1.57. The van der Waals surface area contributed by atoms with Gasteiger partial charge in [-0.2, -0.15) is 0 Å². The van der Waals surface area contributed by atoms with E-state index in [1.807, 2.05) is 49.5 Å². The number of aryl methyl sites for hydroxylation is 2. The summed E-state index contributed by atoms with van der Waals surface area (Å²) in [5, 5.41) is 4.59. The van der Waals surface area contributed by atoms with Gasteiger partial charge < -0.3 is 10.3 Å². The van der Waals surface area contributed by atoms with Crippen molar-refractivity contribution in [2.75, 3.05) is 5.32 Å². The summed E-state index contributed by atoms with van der Waals surface area (Å²) < 4.78 is 0. The van der Waals surface area contributed by atoms with Crippen LogP contribution in [0, 0.1) is 6.92 Å². The lowest BCUT2D eigenvalue weighted by Gasteiger charge is -2.16. The predicted molar refractivity (Wildman–Crippen MR) is 110 cm³/mol. The molecule has 26 heavy (non-hydrogen) atoms. The molecule has 0 saturated heterocycles. The molecule has 1 amide bonds. The summed E-state index contributed by atoms with van der Waals surface area (Å²) in [4.78, 5) is 15.4. The Morgan fingerprint density at radius 1 is 1.08 bits per heavy atom. The summed E-state index contributed by atoms with van der Waals surface area (Å²) >= 11 is 5.30. The number of anilines is 1. The van der Waals surface area contributed by atoms with Crippen molar-refractivity contribution in [2.45, 2.75) is 26.7 Å². The van der Waals surface area contributed by atoms with Gasteiger partial charge in [0, 0.05) is 22.8 Å². The maximum atomic E-state index is 12.2. The Morgan fingerprint density at radius 2 is 1.88 bits per heavy atom. The molecule has 5 nitrogen and oxygen atoms in total. The molecule has 0 aliphatic rings. The number of carbonyl (C=O) groups excluding carboxylic acids is 1. The summed E-state index contributed by atoms with van der Waals surface area (Å²) in [6, 6.07) is 14.0. The monoisotopic (exact) mass is 366 g/mol. The van der Waals surface area contributed by atoms with E-state index in [2.05, 4.69) is 34.1 Å². The molecule has 134 valence electrons. The van der Waals surface area contributed by atoms with Gasteiger partial charge in [-0.05, 0) is 48.3 Å². The summed E-state index contributed by atoms with van der Waals surface area (Å²) in [5.41, 5.74) is 10.7. The van der Waals surface area contributed by atoms with E-state index in [0.717, 1.165) is 34.1 Å². The van der Waals surface area contributed by atoms with Gasteiger partial charge in [-0.1, -0.05) is 43.3 Å². The number of hydrogen-bond acceptors (Lipinski definition) is 2. The van der Waals surface area contributed by atoms with Crippen LogP contribution in [0.25, 0.3) is 10.9 Å². The smallest absolute Gasteiger partial charge is 0.242 e. The highest BCUT2D eigenvalue weighted by molar-refractivity contribution is 7.80. The van der Waals surface area contributed by atoms with Crippen LogP contribution in [0.2, 0.25) is 0 Å². The minimum Gasteiger partial charge on any atom is -0.361 e. The number of thiocarbonyl (C=S) groups is 1. The second-order valence-corrected chi connectivity index (χ2v) is 6.53. The summed E-state index contributed by atoms with van der Waals surface area (Å²) in [6.45, 7) is 4.12. The number of aromatic nitrogens is 1. The molecule has 0 bridgehead atoms. The van der Waals surface area contributed by atoms with Crippen molar-refractivity contribution in [1.82, 2.24) is 15.8 Å². The molecule has 0 atom stereocenters. The lowest BCUT2D eigenvalue weighted by molar-refractivity contribution is -0.120. The maximum Gasteiger partial charge on any atom is 0.242 e. The average Bonchev–Trinajstić information content (AvgIpc) is 3.05. The van der Waals surface area contributed by atoms with Gasteiger partial charge in [0.2, 0.25) is 5.91 Å². The molecular weight excluding hydrogens is 344 g/mol. The number of para-hydroxylation sites is 2. The molecule has 3 aromatic rings. The Kier molecular flexibility index (Phi) is 5.53. The van der Waals surface area contributed by atoms with Crippen LogP contribution in [-0.4, -0.2) is 16.0 Å². The van der Waals surface area contributed by atoms with Crippen LogP contribution in [0.1, 0.15) is 23.6 Å². The van der Waals surface area contributed by atoms with E-state index in [0.29, 0.717) is 5.11 Å². The molecule has 2 aromatic carbocycles. The lowest BCUT2D eigenvalue weighted by Crippen LogP contribution is -2.44. The van der Waals surface area contributed by atoms with E-state index in [1.165, 1.54) is 5.56 Å². The first-order valence-electron chi connectivity index (χ1n) is 8.57. The fourth-order valence-corrected chi connectivity index (χ4v) is 3.12. The number of aromatic amines is 1. The second-order valence-electron chi connectivity index (χ2n) is 6.13. The fourth-order valence-electron chi connectivity index (χ4n) is 2.97. The Bertz CT molecular complexity index is 948. The van der Waals surface area contributed by atoms with Gasteiger partial charge in [0.05, 0.1) is 6.42 Å². The Hall–Kier alpha value is -2.86. The number of H-pyrrole nitrogens is 1. The van der Waals surface area contributed by atoms with Crippen molar-refractivity contribution < 1.29 is 4.79 Å². The van der Waals surface area contributed by atoms with Crippen LogP contribution in [0.3, 0.4) is 0 Å². The normalized spacial score (nSPS) is 10.5. The first-order valence-corrected chi connectivity index (χ1v) is 8.98. The minimum absolute atomic E-state index is 0.153. The van der Waals surface area contributed by atoms with Gasteiger partial charge in [-0.3, -0.25) is 15.6 Å². The molecular formula is C20H22N4OS. The number of amides is 1. The van der Waals surface area contributed by atoms with Crippen molar-refractivity contribution >= 4 is 39.8 Å². The number of carbonyl (C=O) groups is 1. The van der Waals surface area contributed by atoms with Crippen molar-refractivity contribution in [3.8, 4) is 0 Å². The number of fused-ring (bicyclic) bond motifs is 1. The minimum atomic E-state index is -0.153. The van der Waals surface area contributed by atoms with Crippen LogP contribution < -0.4 is 16.2 Å². The first kappa shape index (κ1) is 17.9. The Morgan fingerprint density at radius 3 is 2.69 bits per heavy atom. The first-order chi connectivity index (χ1) is 12.6. The van der Waals surface area contributed by atoms with E-state index in [-0.39, 0.29) is 12.3 Å². The van der Waals surface area contributed by atoms with Gasteiger partial charge in [-0.15, -0.1) is 0 Å². The molecule has 0 aliphatic heterocycles. The summed E-state index contributed by atoms with van der Waals surface area (Å²) in [6.07, 6.45) is 3.03. The van der Waals surface area contributed by atoms with Gasteiger partial charge in [0.1, 0.15) is 0 Å².